The van der Waals surface area contributed by atoms with Gasteiger partial charge in [-0.15, -0.1) is 0 Å². The van der Waals surface area contributed by atoms with E-state index in [4.69, 9.17) is 25.8 Å². The Balaban J connectivity index is 1.66. The van der Waals surface area contributed by atoms with Crippen molar-refractivity contribution in [2.75, 3.05) is 30.4 Å². The van der Waals surface area contributed by atoms with E-state index in [1.165, 1.54) is 30.7 Å². The number of hydrogen-bond donors (Lipinski definition) is 1. The molecule has 4 rings (SSSR count). The van der Waals surface area contributed by atoms with Crippen LogP contribution >= 0.6 is 11.6 Å². The fourth-order valence-corrected chi connectivity index (χ4v) is 5.08. The van der Waals surface area contributed by atoms with Gasteiger partial charge >= 0.3 is 0 Å². The molecule has 0 spiro atoms. The van der Waals surface area contributed by atoms with Crippen LogP contribution in [0.2, 0.25) is 5.02 Å². The minimum Gasteiger partial charge on any atom is -0.497 e. The standard InChI is InChI=1S/C23H21ClN2O6S/c1-30-16-8-10-17(11-9-16)33(28,29)26-14-22(32-21-6-4-3-5-19(21)26)23(27)25-18-13-15(24)7-12-20(18)31-2/h3-13,22H,14H2,1-2H3,(H,25,27)/t22-/m0/s1. The number of anilines is 2. The van der Waals surface area contributed by atoms with Gasteiger partial charge in [0, 0.05) is 5.02 Å². The predicted octanol–water partition coefficient (Wildman–Crippen LogP) is 3.95. The van der Waals surface area contributed by atoms with Gasteiger partial charge in [-0.3, -0.25) is 9.10 Å². The largest absolute Gasteiger partial charge is 0.497 e. The first-order valence-electron chi connectivity index (χ1n) is 9.90. The lowest BCUT2D eigenvalue weighted by molar-refractivity contribution is -0.122. The van der Waals surface area contributed by atoms with Gasteiger partial charge in [0.25, 0.3) is 15.9 Å². The van der Waals surface area contributed by atoms with Gasteiger partial charge in [0.05, 0.1) is 37.0 Å². The Morgan fingerprint density at radius 3 is 2.48 bits per heavy atom. The molecule has 1 aliphatic heterocycles. The lowest BCUT2D eigenvalue weighted by atomic mass is 10.2. The molecular formula is C23H21ClN2O6S. The molecule has 0 radical (unpaired) electrons. The van der Waals surface area contributed by atoms with Crippen molar-refractivity contribution in [2.45, 2.75) is 11.0 Å². The molecule has 0 aromatic heterocycles. The number of sulfonamides is 1. The van der Waals surface area contributed by atoms with Crippen LogP contribution in [0, 0.1) is 0 Å². The molecule has 33 heavy (non-hydrogen) atoms. The topological polar surface area (TPSA) is 94.2 Å². The highest BCUT2D eigenvalue weighted by atomic mass is 35.5. The summed E-state index contributed by atoms with van der Waals surface area (Å²) in [5.74, 6) is 0.676. The Bertz CT molecular complexity index is 1280. The molecular weight excluding hydrogens is 468 g/mol. The van der Waals surface area contributed by atoms with Crippen molar-refractivity contribution in [3.05, 3.63) is 71.8 Å². The SMILES string of the molecule is COc1ccc(S(=O)(=O)N2C[C@@H](C(=O)Nc3cc(Cl)ccc3OC)Oc3ccccc32)cc1. The summed E-state index contributed by atoms with van der Waals surface area (Å²) in [6, 6.07) is 17.5. The van der Waals surface area contributed by atoms with E-state index < -0.39 is 22.0 Å². The first-order valence-corrected chi connectivity index (χ1v) is 11.7. The van der Waals surface area contributed by atoms with E-state index in [0.717, 1.165) is 0 Å². The number of ether oxygens (including phenoxy) is 3. The zero-order valence-corrected chi connectivity index (χ0v) is 19.4. The maximum atomic E-state index is 13.5. The first-order chi connectivity index (χ1) is 15.8. The fourth-order valence-electron chi connectivity index (χ4n) is 3.43. The van der Waals surface area contributed by atoms with Gasteiger partial charge in [-0.1, -0.05) is 23.7 Å². The molecule has 1 amide bonds. The smallest absolute Gasteiger partial charge is 0.267 e. The summed E-state index contributed by atoms with van der Waals surface area (Å²) < 4.78 is 44.4. The Labute approximate surface area is 196 Å². The average molecular weight is 489 g/mol. The van der Waals surface area contributed by atoms with Gasteiger partial charge in [-0.2, -0.15) is 0 Å². The zero-order chi connectivity index (χ0) is 23.6. The molecule has 3 aromatic rings. The number of carbonyl (C=O) groups excluding carboxylic acids is 1. The van der Waals surface area contributed by atoms with Gasteiger partial charge in [0.1, 0.15) is 17.2 Å². The highest BCUT2D eigenvalue weighted by Gasteiger charge is 2.37. The number of nitrogens with one attached hydrogen (secondary N) is 1. The van der Waals surface area contributed by atoms with Crippen molar-refractivity contribution in [1.82, 2.24) is 0 Å². The molecule has 0 aliphatic carbocycles. The minimum absolute atomic E-state index is 0.0654. The molecule has 1 aliphatic rings. The molecule has 1 N–H and O–H groups in total. The summed E-state index contributed by atoms with van der Waals surface area (Å²) in [4.78, 5) is 13.1. The number of para-hydroxylation sites is 2. The number of rotatable bonds is 6. The second-order valence-corrected chi connectivity index (χ2v) is 9.42. The minimum atomic E-state index is -3.99. The lowest BCUT2D eigenvalue weighted by Crippen LogP contribution is -2.48. The molecule has 0 fully saturated rings. The molecule has 172 valence electrons. The summed E-state index contributed by atoms with van der Waals surface area (Å²) in [7, 11) is -1.02. The maximum Gasteiger partial charge on any atom is 0.267 e. The van der Waals surface area contributed by atoms with Crippen LogP contribution in [0.1, 0.15) is 0 Å². The predicted molar refractivity (Wildman–Crippen MR) is 125 cm³/mol. The van der Waals surface area contributed by atoms with Crippen LogP contribution in [0.15, 0.2) is 71.6 Å². The summed E-state index contributed by atoms with van der Waals surface area (Å²) >= 11 is 6.05. The summed E-state index contributed by atoms with van der Waals surface area (Å²) in [6.07, 6.45) is -1.11. The third-order valence-electron chi connectivity index (χ3n) is 5.09. The Morgan fingerprint density at radius 1 is 1.06 bits per heavy atom. The van der Waals surface area contributed by atoms with E-state index in [1.807, 2.05) is 0 Å². The van der Waals surface area contributed by atoms with E-state index >= 15 is 0 Å². The van der Waals surface area contributed by atoms with Crippen molar-refractivity contribution < 1.29 is 27.4 Å². The highest BCUT2D eigenvalue weighted by molar-refractivity contribution is 7.92. The van der Waals surface area contributed by atoms with Crippen LogP contribution in [0.3, 0.4) is 0 Å². The second-order valence-electron chi connectivity index (χ2n) is 7.12. The molecule has 10 heteroatoms. The van der Waals surface area contributed by atoms with Crippen LogP contribution in [0.25, 0.3) is 0 Å². The van der Waals surface area contributed by atoms with E-state index in [0.29, 0.717) is 27.9 Å². The number of hydrogen-bond acceptors (Lipinski definition) is 6. The molecule has 1 atom stereocenters. The Hall–Kier alpha value is -3.43. The van der Waals surface area contributed by atoms with Gasteiger partial charge in [0.2, 0.25) is 0 Å². The van der Waals surface area contributed by atoms with Crippen molar-refractivity contribution in [1.29, 1.82) is 0 Å². The monoisotopic (exact) mass is 488 g/mol. The quantitative estimate of drug-likeness (QED) is 0.564. The summed E-state index contributed by atoms with van der Waals surface area (Å²) in [5.41, 5.74) is 0.694. The molecule has 0 saturated carbocycles. The van der Waals surface area contributed by atoms with Crippen LogP contribution in [-0.2, 0) is 14.8 Å². The number of fused-ring (bicyclic) bond motifs is 1. The number of methoxy groups -OCH3 is 2. The van der Waals surface area contributed by atoms with Crippen LogP contribution in [0.5, 0.6) is 17.2 Å². The van der Waals surface area contributed by atoms with Crippen molar-refractivity contribution in [3.8, 4) is 17.2 Å². The van der Waals surface area contributed by atoms with Crippen molar-refractivity contribution in [2.24, 2.45) is 0 Å². The zero-order valence-electron chi connectivity index (χ0n) is 17.8. The van der Waals surface area contributed by atoms with Gasteiger partial charge < -0.3 is 19.5 Å². The molecule has 0 unspecified atom stereocenters. The fraction of sp³-hybridized carbons (Fsp3) is 0.174. The average Bonchev–Trinajstić information content (AvgIpc) is 2.83. The molecule has 0 saturated heterocycles. The third kappa shape index (κ3) is 4.55. The van der Waals surface area contributed by atoms with Crippen LogP contribution in [0.4, 0.5) is 11.4 Å². The van der Waals surface area contributed by atoms with E-state index in [2.05, 4.69) is 5.32 Å². The third-order valence-corrected chi connectivity index (χ3v) is 7.12. The van der Waals surface area contributed by atoms with Crippen LogP contribution in [-0.4, -0.2) is 41.2 Å². The van der Waals surface area contributed by atoms with Crippen LogP contribution < -0.4 is 23.8 Å². The summed E-state index contributed by atoms with van der Waals surface area (Å²) in [5, 5.41) is 3.13. The Morgan fingerprint density at radius 2 is 1.79 bits per heavy atom. The van der Waals surface area contributed by atoms with E-state index in [1.54, 1.807) is 54.6 Å². The normalized spacial score (nSPS) is 15.2. The summed E-state index contributed by atoms with van der Waals surface area (Å²) in [6.45, 7) is -0.222. The van der Waals surface area contributed by atoms with Crippen molar-refractivity contribution in [3.63, 3.8) is 0 Å². The molecule has 8 nitrogen and oxygen atoms in total. The molecule has 3 aromatic carbocycles. The number of nitrogens with zero attached hydrogens (tertiary/aromatic N) is 1. The lowest BCUT2D eigenvalue weighted by Gasteiger charge is -2.34. The molecule has 0 bridgehead atoms. The Kier molecular flexibility index (Phi) is 6.35. The van der Waals surface area contributed by atoms with Gasteiger partial charge in [-0.25, -0.2) is 8.42 Å². The molecule has 1 heterocycles. The number of halogens is 1. The second kappa shape index (κ2) is 9.21. The number of benzene rings is 3. The number of amides is 1. The van der Waals surface area contributed by atoms with E-state index in [9.17, 15) is 13.2 Å². The first kappa shape index (κ1) is 22.8. The van der Waals surface area contributed by atoms with E-state index in [-0.39, 0.29) is 17.2 Å². The maximum absolute atomic E-state index is 13.5. The highest BCUT2D eigenvalue weighted by Crippen LogP contribution is 2.37. The number of carbonyl (C=O) groups is 1. The van der Waals surface area contributed by atoms with Crippen molar-refractivity contribution >= 4 is 38.9 Å². The van der Waals surface area contributed by atoms with Gasteiger partial charge in [-0.05, 0) is 54.6 Å². The van der Waals surface area contributed by atoms with Gasteiger partial charge in [0.15, 0.2) is 6.10 Å².